The number of carbonyl (C=O) groups is 1. The molecule has 1 aliphatic carbocycles. The molecule has 0 radical (unpaired) electrons. The number of likely N-dealkylation sites (N-methyl/N-ethyl adjacent to an activating group) is 1. The summed E-state index contributed by atoms with van der Waals surface area (Å²) in [5, 5.41) is 0.690. The number of carbonyl (C=O) groups excluding carboxylic acids is 1. The molecular weight excluding hydrogens is 355 g/mol. The minimum atomic E-state index is 0. The minimum absolute atomic E-state index is 0. The van der Waals surface area contributed by atoms with Crippen LogP contribution in [0.5, 0.6) is 0 Å². The molecule has 2 rings (SSSR count). The second-order valence-corrected chi connectivity index (χ2v) is 7.57. The lowest BCUT2D eigenvalue weighted by Crippen LogP contribution is -2.44. The van der Waals surface area contributed by atoms with E-state index < -0.39 is 0 Å². The normalized spacial score (nSPS) is 20.5. The van der Waals surface area contributed by atoms with E-state index in [1.165, 1.54) is 12.8 Å². The van der Waals surface area contributed by atoms with Crippen LogP contribution in [0, 0.1) is 5.92 Å². The molecule has 0 aromatic heterocycles. The Labute approximate surface area is 163 Å². The van der Waals surface area contributed by atoms with Gasteiger partial charge in [-0.05, 0) is 69.5 Å². The first-order valence-corrected chi connectivity index (χ1v) is 9.22. The molecule has 0 saturated heterocycles. The predicted molar refractivity (Wildman–Crippen MR) is 109 cm³/mol. The van der Waals surface area contributed by atoms with Gasteiger partial charge in [0.1, 0.15) is 0 Å². The van der Waals surface area contributed by atoms with Gasteiger partial charge in [-0.3, -0.25) is 4.79 Å². The van der Waals surface area contributed by atoms with Crippen LogP contribution in [0.2, 0.25) is 5.02 Å². The Morgan fingerprint density at radius 1 is 1.20 bits per heavy atom. The molecule has 140 valence electrons. The van der Waals surface area contributed by atoms with Gasteiger partial charge in [-0.1, -0.05) is 30.7 Å². The van der Waals surface area contributed by atoms with Crippen LogP contribution >= 0.6 is 24.0 Å². The summed E-state index contributed by atoms with van der Waals surface area (Å²) < 4.78 is 0. The molecule has 3 nitrogen and oxygen atoms in total. The molecule has 1 aromatic carbocycles. The molecule has 0 bridgehead atoms. The number of nitrogens with zero attached hydrogens (tertiary/aromatic N) is 2. The maximum atomic E-state index is 12.8. The SMILES string of the molecule is CN(C)CCN(C(=O)C=Cc1cccc(Cl)c1)[C@H]1CC[C@H](C)CC1.Cl. The van der Waals surface area contributed by atoms with Crippen molar-refractivity contribution in [2.45, 2.75) is 38.6 Å². The summed E-state index contributed by atoms with van der Waals surface area (Å²) >= 11 is 6.01. The van der Waals surface area contributed by atoms with Gasteiger partial charge in [-0.25, -0.2) is 0 Å². The quantitative estimate of drug-likeness (QED) is 0.660. The van der Waals surface area contributed by atoms with Crippen LogP contribution in [0.3, 0.4) is 0 Å². The number of hydrogen-bond acceptors (Lipinski definition) is 2. The zero-order valence-corrected chi connectivity index (χ0v) is 17.0. The molecule has 0 aliphatic heterocycles. The Hall–Kier alpha value is -1.03. The van der Waals surface area contributed by atoms with Crippen molar-refractivity contribution in [2.24, 2.45) is 5.92 Å². The maximum absolute atomic E-state index is 12.8. The Kier molecular flexibility index (Phi) is 9.55. The van der Waals surface area contributed by atoms with Crippen molar-refractivity contribution in [1.29, 1.82) is 0 Å². The van der Waals surface area contributed by atoms with Crippen LogP contribution in [0.15, 0.2) is 30.3 Å². The molecule has 25 heavy (non-hydrogen) atoms. The van der Waals surface area contributed by atoms with Crippen molar-refractivity contribution in [3.8, 4) is 0 Å². The van der Waals surface area contributed by atoms with Crippen LogP contribution in [-0.4, -0.2) is 48.9 Å². The average molecular weight is 385 g/mol. The second kappa shape index (κ2) is 10.8. The van der Waals surface area contributed by atoms with Crippen molar-refractivity contribution < 1.29 is 4.79 Å². The van der Waals surface area contributed by atoms with Gasteiger partial charge in [0.15, 0.2) is 0 Å². The van der Waals surface area contributed by atoms with Gasteiger partial charge in [0.25, 0.3) is 0 Å². The van der Waals surface area contributed by atoms with Gasteiger partial charge in [0.05, 0.1) is 0 Å². The molecule has 0 heterocycles. The number of benzene rings is 1. The molecular formula is C20H30Cl2N2O. The van der Waals surface area contributed by atoms with E-state index in [4.69, 9.17) is 11.6 Å². The van der Waals surface area contributed by atoms with Crippen molar-refractivity contribution in [2.75, 3.05) is 27.2 Å². The molecule has 1 fully saturated rings. The highest BCUT2D eigenvalue weighted by Crippen LogP contribution is 2.27. The molecule has 1 aliphatic rings. The van der Waals surface area contributed by atoms with E-state index in [0.717, 1.165) is 37.4 Å². The van der Waals surface area contributed by atoms with E-state index in [-0.39, 0.29) is 18.3 Å². The first kappa shape index (κ1) is 22.0. The smallest absolute Gasteiger partial charge is 0.246 e. The Morgan fingerprint density at radius 3 is 2.48 bits per heavy atom. The molecule has 0 atom stereocenters. The van der Waals surface area contributed by atoms with Crippen LogP contribution in [0.25, 0.3) is 6.08 Å². The maximum Gasteiger partial charge on any atom is 0.246 e. The van der Waals surface area contributed by atoms with Crippen LogP contribution in [0.1, 0.15) is 38.2 Å². The van der Waals surface area contributed by atoms with E-state index in [0.29, 0.717) is 11.1 Å². The number of hydrogen-bond donors (Lipinski definition) is 0. The van der Waals surface area contributed by atoms with Crippen LogP contribution < -0.4 is 0 Å². The van der Waals surface area contributed by atoms with Crippen molar-refractivity contribution in [3.05, 3.63) is 40.9 Å². The summed E-state index contributed by atoms with van der Waals surface area (Å²) in [5.74, 6) is 0.894. The lowest BCUT2D eigenvalue weighted by molar-refractivity contribution is -0.129. The van der Waals surface area contributed by atoms with Gasteiger partial charge < -0.3 is 9.80 Å². The first-order chi connectivity index (χ1) is 11.5. The highest BCUT2D eigenvalue weighted by Gasteiger charge is 2.26. The summed E-state index contributed by atoms with van der Waals surface area (Å²) in [4.78, 5) is 17.0. The third-order valence-corrected chi connectivity index (χ3v) is 5.00. The van der Waals surface area contributed by atoms with Gasteiger partial charge in [-0.15, -0.1) is 12.4 Å². The number of halogens is 2. The van der Waals surface area contributed by atoms with E-state index in [1.54, 1.807) is 6.08 Å². The summed E-state index contributed by atoms with van der Waals surface area (Å²) in [6.45, 7) is 3.98. The fourth-order valence-corrected chi connectivity index (χ4v) is 3.41. The summed E-state index contributed by atoms with van der Waals surface area (Å²) in [5.41, 5.74) is 0.959. The van der Waals surface area contributed by atoms with Gasteiger partial charge >= 0.3 is 0 Å². The first-order valence-electron chi connectivity index (χ1n) is 8.84. The number of rotatable bonds is 6. The van der Waals surface area contributed by atoms with E-state index in [1.807, 2.05) is 44.4 Å². The standard InChI is InChI=1S/C20H29ClN2O.ClH/c1-16-7-10-19(11-8-16)23(14-13-22(2)3)20(24)12-9-17-5-4-6-18(21)15-17;/h4-6,9,12,15-16,19H,7-8,10-11,13-14H2,1-3H3;1H/t16-,19-;. The Morgan fingerprint density at radius 2 is 1.88 bits per heavy atom. The van der Waals surface area contributed by atoms with Crippen LogP contribution in [0.4, 0.5) is 0 Å². The molecule has 0 unspecified atom stereocenters. The summed E-state index contributed by atoms with van der Waals surface area (Å²) in [6.07, 6.45) is 8.22. The Balaban J connectivity index is 0.00000312. The minimum Gasteiger partial charge on any atom is -0.335 e. The monoisotopic (exact) mass is 384 g/mol. The summed E-state index contributed by atoms with van der Waals surface area (Å²) in [7, 11) is 4.10. The van der Waals surface area contributed by atoms with E-state index in [2.05, 4.69) is 16.7 Å². The highest BCUT2D eigenvalue weighted by molar-refractivity contribution is 6.30. The topological polar surface area (TPSA) is 23.6 Å². The average Bonchev–Trinajstić information content (AvgIpc) is 2.54. The van der Waals surface area contributed by atoms with Crippen molar-refractivity contribution in [3.63, 3.8) is 0 Å². The van der Waals surface area contributed by atoms with Crippen molar-refractivity contribution >= 4 is 36.0 Å². The fourth-order valence-electron chi connectivity index (χ4n) is 3.21. The van der Waals surface area contributed by atoms with Crippen LogP contribution in [-0.2, 0) is 4.79 Å². The van der Waals surface area contributed by atoms with Gasteiger partial charge in [-0.2, -0.15) is 0 Å². The van der Waals surface area contributed by atoms with Gasteiger partial charge in [0, 0.05) is 30.2 Å². The fraction of sp³-hybridized carbons (Fsp3) is 0.550. The molecule has 0 spiro atoms. The predicted octanol–water partition coefficient (Wildman–Crippen LogP) is 4.74. The molecule has 0 N–H and O–H groups in total. The third-order valence-electron chi connectivity index (χ3n) is 4.76. The molecule has 1 amide bonds. The summed E-state index contributed by atoms with van der Waals surface area (Å²) in [6, 6.07) is 7.95. The van der Waals surface area contributed by atoms with E-state index >= 15 is 0 Å². The van der Waals surface area contributed by atoms with Gasteiger partial charge in [0.2, 0.25) is 5.91 Å². The van der Waals surface area contributed by atoms with Crippen molar-refractivity contribution in [1.82, 2.24) is 9.80 Å². The largest absolute Gasteiger partial charge is 0.335 e. The lowest BCUT2D eigenvalue weighted by atomic mass is 9.86. The lowest BCUT2D eigenvalue weighted by Gasteiger charge is -2.36. The molecule has 5 heteroatoms. The number of amides is 1. The zero-order valence-electron chi connectivity index (χ0n) is 15.5. The zero-order chi connectivity index (χ0) is 17.5. The molecule has 1 saturated carbocycles. The molecule has 1 aromatic rings. The Bertz CT molecular complexity index is 567. The highest BCUT2D eigenvalue weighted by atomic mass is 35.5. The van der Waals surface area contributed by atoms with E-state index in [9.17, 15) is 4.79 Å². The second-order valence-electron chi connectivity index (χ2n) is 7.14. The third kappa shape index (κ3) is 7.39.